The lowest BCUT2D eigenvalue weighted by Gasteiger charge is -2.49. The molecular weight excluding hydrogens is 228 g/mol. The number of Topliss-reactive ketones (excluding diaryl/α,β-unsaturated/α-hetero) is 1. The molecule has 0 aromatic heterocycles. The topological polar surface area (TPSA) is 57.5 Å². The molecule has 3 nitrogen and oxygen atoms in total. The predicted octanol–water partition coefficient (Wildman–Crippen LogP) is 2.05. The number of carbonyl (C=O) groups is 1. The molecule has 0 aromatic carbocycles. The van der Waals surface area contributed by atoms with E-state index in [0.29, 0.717) is 6.42 Å². The van der Waals surface area contributed by atoms with Gasteiger partial charge in [-0.05, 0) is 44.9 Å². The second-order valence-electron chi connectivity index (χ2n) is 7.64. The van der Waals surface area contributed by atoms with Gasteiger partial charge in [-0.1, -0.05) is 20.3 Å². The zero-order valence-electron chi connectivity index (χ0n) is 11.8. The van der Waals surface area contributed by atoms with Gasteiger partial charge < -0.3 is 10.2 Å². The van der Waals surface area contributed by atoms with Gasteiger partial charge in [0, 0.05) is 10.8 Å². The summed E-state index contributed by atoms with van der Waals surface area (Å²) in [5.74, 6) is -0.0744. The molecule has 3 aliphatic rings. The van der Waals surface area contributed by atoms with E-state index >= 15 is 0 Å². The van der Waals surface area contributed by atoms with Crippen molar-refractivity contribution in [2.24, 2.45) is 16.2 Å². The Labute approximate surface area is 109 Å². The van der Waals surface area contributed by atoms with Gasteiger partial charge in [-0.2, -0.15) is 0 Å². The van der Waals surface area contributed by atoms with Gasteiger partial charge in [0.2, 0.25) is 0 Å². The van der Waals surface area contributed by atoms with Gasteiger partial charge in [0.15, 0.2) is 5.78 Å². The summed E-state index contributed by atoms with van der Waals surface area (Å²) < 4.78 is 0. The Kier molecular flexibility index (Phi) is 2.00. The molecule has 3 heteroatoms. The molecule has 0 aliphatic heterocycles. The summed E-state index contributed by atoms with van der Waals surface area (Å²) in [5, 5.41) is 21.8. The molecule has 3 rings (SSSR count). The minimum atomic E-state index is -1.40. The van der Waals surface area contributed by atoms with E-state index in [2.05, 4.69) is 0 Å². The predicted molar refractivity (Wildman–Crippen MR) is 68.0 cm³/mol. The third kappa shape index (κ3) is 0.847. The summed E-state index contributed by atoms with van der Waals surface area (Å²) in [6, 6.07) is 0. The van der Waals surface area contributed by atoms with Gasteiger partial charge in [0.25, 0.3) is 0 Å². The molecule has 0 aromatic rings. The maximum atomic E-state index is 12.7. The van der Waals surface area contributed by atoms with Crippen LogP contribution in [0.3, 0.4) is 0 Å². The van der Waals surface area contributed by atoms with Crippen molar-refractivity contribution < 1.29 is 15.0 Å². The first-order valence-electron chi connectivity index (χ1n) is 7.07. The lowest BCUT2D eigenvalue weighted by Crippen LogP contribution is -2.58. The quantitative estimate of drug-likeness (QED) is 0.693. The molecule has 3 fully saturated rings. The number of rotatable bonds is 0. The Hall–Kier alpha value is -0.410. The second-order valence-corrected chi connectivity index (χ2v) is 7.64. The molecule has 0 saturated heterocycles. The van der Waals surface area contributed by atoms with Crippen molar-refractivity contribution in [3.8, 4) is 0 Å². The van der Waals surface area contributed by atoms with E-state index in [4.69, 9.17) is 0 Å². The SMILES string of the molecule is CC1(C)C(=O)[C@](C)(O)[C@@]23CCC[C@@]12CC[C@@]3(C)O. The zero-order chi connectivity index (χ0) is 13.6. The van der Waals surface area contributed by atoms with Crippen molar-refractivity contribution >= 4 is 5.78 Å². The van der Waals surface area contributed by atoms with Crippen molar-refractivity contribution in [1.82, 2.24) is 0 Å². The van der Waals surface area contributed by atoms with Crippen LogP contribution in [-0.2, 0) is 4.79 Å². The first-order chi connectivity index (χ1) is 8.07. The average Bonchev–Trinajstić information content (AvgIpc) is 2.78. The molecule has 0 unspecified atom stereocenters. The van der Waals surface area contributed by atoms with Crippen molar-refractivity contribution in [3.05, 3.63) is 0 Å². The van der Waals surface area contributed by atoms with Gasteiger partial charge >= 0.3 is 0 Å². The van der Waals surface area contributed by atoms with Gasteiger partial charge in [-0.15, -0.1) is 0 Å². The Morgan fingerprint density at radius 3 is 2.11 bits per heavy atom. The largest absolute Gasteiger partial charge is 0.389 e. The van der Waals surface area contributed by atoms with Crippen molar-refractivity contribution in [1.29, 1.82) is 0 Å². The van der Waals surface area contributed by atoms with Crippen LogP contribution < -0.4 is 0 Å². The fourth-order valence-corrected chi connectivity index (χ4v) is 6.31. The molecule has 0 bridgehead atoms. The van der Waals surface area contributed by atoms with E-state index in [1.165, 1.54) is 0 Å². The fraction of sp³-hybridized carbons (Fsp3) is 0.933. The summed E-state index contributed by atoms with van der Waals surface area (Å²) in [6.45, 7) is 7.41. The number of ketones is 1. The first-order valence-corrected chi connectivity index (χ1v) is 7.07. The normalized spacial score (nSPS) is 57.8. The Balaban J connectivity index is 2.35. The Bertz CT molecular complexity index is 435. The molecule has 0 amide bonds. The first kappa shape index (κ1) is 12.6. The third-order valence-electron chi connectivity index (χ3n) is 6.97. The molecule has 102 valence electrons. The minimum Gasteiger partial charge on any atom is -0.389 e. The van der Waals surface area contributed by atoms with Crippen LogP contribution in [0.25, 0.3) is 0 Å². The third-order valence-corrected chi connectivity index (χ3v) is 6.97. The van der Waals surface area contributed by atoms with Gasteiger partial charge in [-0.25, -0.2) is 0 Å². The van der Waals surface area contributed by atoms with E-state index in [9.17, 15) is 15.0 Å². The van der Waals surface area contributed by atoms with Crippen LogP contribution in [0.4, 0.5) is 0 Å². The lowest BCUT2D eigenvalue weighted by molar-refractivity contribution is -0.177. The molecule has 0 heterocycles. The number of hydrogen-bond acceptors (Lipinski definition) is 3. The van der Waals surface area contributed by atoms with Crippen LogP contribution in [0.5, 0.6) is 0 Å². The van der Waals surface area contributed by atoms with Gasteiger partial charge in [-0.3, -0.25) is 4.79 Å². The highest BCUT2D eigenvalue weighted by Crippen LogP contribution is 2.80. The van der Waals surface area contributed by atoms with E-state index in [1.807, 2.05) is 20.8 Å². The molecule has 18 heavy (non-hydrogen) atoms. The Morgan fingerprint density at radius 1 is 0.944 bits per heavy atom. The summed E-state index contributed by atoms with van der Waals surface area (Å²) in [7, 11) is 0. The smallest absolute Gasteiger partial charge is 0.170 e. The van der Waals surface area contributed by atoms with Crippen LogP contribution in [0, 0.1) is 16.2 Å². The van der Waals surface area contributed by atoms with Crippen molar-refractivity contribution in [2.75, 3.05) is 0 Å². The highest BCUT2D eigenvalue weighted by molar-refractivity contribution is 5.97. The van der Waals surface area contributed by atoms with Crippen LogP contribution in [0.1, 0.15) is 59.8 Å². The molecule has 0 radical (unpaired) electrons. The summed E-state index contributed by atoms with van der Waals surface area (Å²) in [6.07, 6.45) is 4.28. The lowest BCUT2D eigenvalue weighted by atomic mass is 9.56. The van der Waals surface area contributed by atoms with Crippen LogP contribution >= 0.6 is 0 Å². The molecule has 3 aliphatic carbocycles. The highest BCUT2D eigenvalue weighted by atomic mass is 16.3. The van der Waals surface area contributed by atoms with E-state index in [1.54, 1.807) is 6.92 Å². The van der Waals surface area contributed by atoms with Crippen LogP contribution in [0.15, 0.2) is 0 Å². The van der Waals surface area contributed by atoms with Crippen LogP contribution in [0.2, 0.25) is 0 Å². The van der Waals surface area contributed by atoms with Gasteiger partial charge in [0.05, 0.1) is 5.60 Å². The maximum Gasteiger partial charge on any atom is 0.170 e. The maximum absolute atomic E-state index is 12.7. The average molecular weight is 252 g/mol. The van der Waals surface area contributed by atoms with Crippen LogP contribution in [-0.4, -0.2) is 27.2 Å². The Morgan fingerprint density at radius 2 is 1.56 bits per heavy atom. The standard InChI is InChI=1S/C15H24O3/c1-11(2)10(16)13(4,18)15-7-5-6-14(11,15)9-8-12(15,3)17/h17-18H,5-9H2,1-4H3/t12-,13+,14-,15+/m1/s1. The monoisotopic (exact) mass is 252 g/mol. The van der Waals surface area contributed by atoms with E-state index in [-0.39, 0.29) is 11.2 Å². The number of aliphatic hydroxyl groups is 2. The molecule has 2 N–H and O–H groups in total. The number of hydrogen-bond donors (Lipinski definition) is 2. The summed E-state index contributed by atoms with van der Waals surface area (Å²) in [5.41, 5.74) is -3.73. The number of carbonyl (C=O) groups excluding carboxylic acids is 1. The fourth-order valence-electron chi connectivity index (χ4n) is 6.31. The molecular formula is C15H24O3. The second kappa shape index (κ2) is 2.85. The molecule has 0 spiro atoms. The van der Waals surface area contributed by atoms with E-state index < -0.39 is 22.0 Å². The molecule has 4 atom stereocenters. The van der Waals surface area contributed by atoms with Gasteiger partial charge in [0.1, 0.15) is 5.60 Å². The minimum absolute atomic E-state index is 0.0744. The van der Waals surface area contributed by atoms with E-state index in [0.717, 1.165) is 25.7 Å². The molecule has 3 saturated carbocycles. The van der Waals surface area contributed by atoms with Crippen molar-refractivity contribution in [3.63, 3.8) is 0 Å². The summed E-state index contributed by atoms with van der Waals surface area (Å²) in [4.78, 5) is 12.7. The highest BCUT2D eigenvalue weighted by Gasteiger charge is 2.85. The van der Waals surface area contributed by atoms with Crippen molar-refractivity contribution in [2.45, 2.75) is 71.0 Å². The summed E-state index contributed by atoms with van der Waals surface area (Å²) >= 11 is 0. The zero-order valence-corrected chi connectivity index (χ0v) is 11.8.